The van der Waals surface area contributed by atoms with Crippen LogP contribution in [0.15, 0.2) is 36.7 Å². The second kappa shape index (κ2) is 9.14. The van der Waals surface area contributed by atoms with Crippen molar-refractivity contribution in [2.24, 2.45) is 0 Å². The number of aromatic nitrogens is 4. The molecule has 0 radical (unpaired) electrons. The molecular formula is C24H31FN6. The van der Waals surface area contributed by atoms with Crippen LogP contribution in [0.25, 0.3) is 11.1 Å². The van der Waals surface area contributed by atoms with Crippen LogP contribution in [0.5, 0.6) is 0 Å². The maximum absolute atomic E-state index is 13.5. The summed E-state index contributed by atoms with van der Waals surface area (Å²) in [4.78, 5) is 13.9. The summed E-state index contributed by atoms with van der Waals surface area (Å²) in [6, 6.07) is 6.63. The van der Waals surface area contributed by atoms with Crippen LogP contribution in [-0.2, 0) is 13.1 Å². The van der Waals surface area contributed by atoms with Crippen molar-refractivity contribution in [2.75, 3.05) is 32.1 Å². The van der Waals surface area contributed by atoms with Crippen LogP contribution in [0.4, 0.5) is 10.3 Å². The van der Waals surface area contributed by atoms with Gasteiger partial charge in [-0.2, -0.15) is 5.10 Å². The lowest BCUT2D eigenvalue weighted by molar-refractivity contribution is 0.198. The van der Waals surface area contributed by atoms with E-state index in [2.05, 4.69) is 33.5 Å². The molecule has 0 amide bonds. The van der Waals surface area contributed by atoms with Crippen molar-refractivity contribution in [1.29, 1.82) is 0 Å². The van der Waals surface area contributed by atoms with Gasteiger partial charge in [-0.05, 0) is 50.9 Å². The van der Waals surface area contributed by atoms with Crippen molar-refractivity contribution in [3.05, 3.63) is 59.4 Å². The van der Waals surface area contributed by atoms with E-state index in [-0.39, 0.29) is 5.82 Å². The van der Waals surface area contributed by atoms with Crippen LogP contribution < -0.4 is 4.90 Å². The molecular weight excluding hydrogens is 391 g/mol. The lowest BCUT2D eigenvalue weighted by Gasteiger charge is -2.33. The predicted molar refractivity (Wildman–Crippen MR) is 122 cm³/mol. The van der Waals surface area contributed by atoms with Gasteiger partial charge in [-0.1, -0.05) is 12.1 Å². The van der Waals surface area contributed by atoms with Gasteiger partial charge < -0.3 is 4.90 Å². The molecule has 4 rings (SSSR count). The number of aryl methyl sites for hydroxylation is 1. The van der Waals surface area contributed by atoms with Crippen LogP contribution in [0.1, 0.15) is 42.6 Å². The minimum atomic E-state index is -0.233. The van der Waals surface area contributed by atoms with Crippen molar-refractivity contribution in [3.63, 3.8) is 0 Å². The van der Waals surface area contributed by atoms with Crippen LogP contribution in [0, 0.1) is 12.7 Å². The summed E-state index contributed by atoms with van der Waals surface area (Å²) < 4.78 is 15.5. The Bertz CT molecular complexity index is 1030. The number of nitrogens with zero attached hydrogens (tertiary/aromatic N) is 6. The van der Waals surface area contributed by atoms with Crippen molar-refractivity contribution in [2.45, 2.75) is 45.7 Å². The first kappa shape index (κ1) is 21.4. The van der Waals surface area contributed by atoms with E-state index in [1.54, 1.807) is 0 Å². The average Bonchev–Trinajstić information content (AvgIpc) is 3.13. The first-order valence-electron chi connectivity index (χ1n) is 11.0. The van der Waals surface area contributed by atoms with Crippen LogP contribution in [0.3, 0.4) is 0 Å². The Morgan fingerprint density at radius 2 is 1.94 bits per heavy atom. The highest BCUT2D eigenvalue weighted by Gasteiger charge is 2.26. The largest absolute Gasteiger partial charge is 0.347 e. The molecule has 0 bridgehead atoms. The standard InChI is InChI=1S/C24H31FN6/c1-5-31-17(2)20(13-27-31)16-30-12-6-7-19(15-30)23-22(14-26-24(28-23)29(3)4)18-8-10-21(25)11-9-18/h8-11,13-14,19H,5-7,12,15-16H2,1-4H3/t19-/m0/s1. The van der Waals surface area contributed by atoms with E-state index in [1.165, 1.54) is 23.4 Å². The highest BCUT2D eigenvalue weighted by molar-refractivity contribution is 5.66. The highest BCUT2D eigenvalue weighted by atomic mass is 19.1. The summed E-state index contributed by atoms with van der Waals surface area (Å²) in [5.41, 5.74) is 5.54. The number of rotatable bonds is 6. The fourth-order valence-corrected chi connectivity index (χ4v) is 4.39. The molecule has 1 aromatic carbocycles. The van der Waals surface area contributed by atoms with Gasteiger partial charge >= 0.3 is 0 Å². The number of hydrogen-bond acceptors (Lipinski definition) is 5. The molecule has 1 aliphatic rings. The van der Waals surface area contributed by atoms with Gasteiger partial charge in [-0.15, -0.1) is 0 Å². The zero-order chi connectivity index (χ0) is 22.0. The summed E-state index contributed by atoms with van der Waals surface area (Å²) in [5.74, 6) is 0.776. The molecule has 3 heterocycles. The number of likely N-dealkylation sites (tertiary alicyclic amines) is 1. The summed E-state index contributed by atoms with van der Waals surface area (Å²) >= 11 is 0. The van der Waals surface area contributed by atoms with Crippen molar-refractivity contribution < 1.29 is 4.39 Å². The molecule has 1 saturated heterocycles. The number of anilines is 1. The number of hydrogen-bond donors (Lipinski definition) is 0. The Morgan fingerprint density at radius 3 is 2.61 bits per heavy atom. The summed E-state index contributed by atoms with van der Waals surface area (Å²) in [7, 11) is 3.91. The van der Waals surface area contributed by atoms with E-state index in [0.717, 1.165) is 55.8 Å². The summed E-state index contributed by atoms with van der Waals surface area (Å²) in [6.07, 6.45) is 6.10. The molecule has 7 heteroatoms. The molecule has 31 heavy (non-hydrogen) atoms. The number of piperidine rings is 1. The Labute approximate surface area is 183 Å². The molecule has 0 aliphatic carbocycles. The van der Waals surface area contributed by atoms with E-state index in [0.29, 0.717) is 11.9 Å². The first-order chi connectivity index (χ1) is 15.0. The molecule has 0 saturated carbocycles. The van der Waals surface area contributed by atoms with Gasteiger partial charge in [0, 0.05) is 62.7 Å². The predicted octanol–water partition coefficient (Wildman–Crippen LogP) is 4.25. The normalized spacial score (nSPS) is 17.1. The fraction of sp³-hybridized carbons (Fsp3) is 0.458. The first-order valence-corrected chi connectivity index (χ1v) is 11.0. The molecule has 6 nitrogen and oxygen atoms in total. The number of benzene rings is 1. The number of halogens is 1. The lowest BCUT2D eigenvalue weighted by Crippen LogP contribution is -2.34. The Morgan fingerprint density at radius 1 is 1.16 bits per heavy atom. The maximum Gasteiger partial charge on any atom is 0.225 e. The van der Waals surface area contributed by atoms with E-state index in [4.69, 9.17) is 4.98 Å². The smallest absolute Gasteiger partial charge is 0.225 e. The summed E-state index contributed by atoms with van der Waals surface area (Å²) in [6.45, 7) is 8.08. The Kier molecular flexibility index (Phi) is 6.32. The molecule has 1 atom stereocenters. The molecule has 1 fully saturated rings. The minimum absolute atomic E-state index is 0.233. The van der Waals surface area contributed by atoms with E-state index in [9.17, 15) is 4.39 Å². The molecule has 0 unspecified atom stereocenters. The SMILES string of the molecule is CCn1ncc(CN2CCC[C@H](c3nc(N(C)C)ncc3-c3ccc(F)cc3)C2)c1C. The quantitative estimate of drug-likeness (QED) is 0.594. The molecule has 0 N–H and O–H groups in total. The lowest BCUT2D eigenvalue weighted by atomic mass is 9.89. The van der Waals surface area contributed by atoms with Crippen molar-refractivity contribution >= 4 is 5.95 Å². The van der Waals surface area contributed by atoms with E-state index < -0.39 is 0 Å². The van der Waals surface area contributed by atoms with Gasteiger partial charge in [-0.3, -0.25) is 9.58 Å². The Hall–Kier alpha value is -2.80. The van der Waals surface area contributed by atoms with Crippen LogP contribution >= 0.6 is 0 Å². The van der Waals surface area contributed by atoms with Crippen molar-refractivity contribution in [3.8, 4) is 11.1 Å². The molecule has 3 aromatic rings. The Balaban J connectivity index is 1.62. The highest BCUT2D eigenvalue weighted by Crippen LogP contribution is 2.34. The topological polar surface area (TPSA) is 50.1 Å². The summed E-state index contributed by atoms with van der Waals surface area (Å²) in [5, 5.41) is 4.50. The molecule has 0 spiro atoms. The third-order valence-corrected chi connectivity index (χ3v) is 6.15. The zero-order valence-electron chi connectivity index (χ0n) is 18.8. The van der Waals surface area contributed by atoms with Gasteiger partial charge in [0.25, 0.3) is 0 Å². The van der Waals surface area contributed by atoms with Crippen LogP contribution in [-0.4, -0.2) is 51.8 Å². The second-order valence-corrected chi connectivity index (χ2v) is 8.52. The molecule has 164 valence electrons. The molecule has 1 aliphatic heterocycles. The van der Waals surface area contributed by atoms with Gasteiger partial charge in [0.15, 0.2) is 0 Å². The zero-order valence-corrected chi connectivity index (χ0v) is 18.8. The van der Waals surface area contributed by atoms with Crippen molar-refractivity contribution in [1.82, 2.24) is 24.6 Å². The maximum atomic E-state index is 13.5. The van der Waals surface area contributed by atoms with E-state index in [1.807, 2.05) is 43.5 Å². The van der Waals surface area contributed by atoms with E-state index >= 15 is 0 Å². The van der Waals surface area contributed by atoms with Crippen LogP contribution in [0.2, 0.25) is 0 Å². The van der Waals surface area contributed by atoms with Gasteiger partial charge in [-0.25, -0.2) is 14.4 Å². The van der Waals surface area contributed by atoms with Gasteiger partial charge in [0.2, 0.25) is 5.95 Å². The molecule has 2 aromatic heterocycles. The third kappa shape index (κ3) is 4.61. The third-order valence-electron chi connectivity index (χ3n) is 6.15. The van der Waals surface area contributed by atoms with Gasteiger partial charge in [0.1, 0.15) is 5.82 Å². The fourth-order valence-electron chi connectivity index (χ4n) is 4.39. The monoisotopic (exact) mass is 422 g/mol. The van der Waals surface area contributed by atoms with Gasteiger partial charge in [0.05, 0.1) is 11.9 Å². The minimum Gasteiger partial charge on any atom is -0.347 e. The second-order valence-electron chi connectivity index (χ2n) is 8.52. The average molecular weight is 423 g/mol.